The third-order valence-electron chi connectivity index (χ3n) is 2.84. The zero-order valence-corrected chi connectivity index (χ0v) is 10.5. The van der Waals surface area contributed by atoms with Crippen molar-refractivity contribution in [2.24, 2.45) is 0 Å². The summed E-state index contributed by atoms with van der Waals surface area (Å²) in [6.07, 6.45) is 10.5. The molecule has 0 aliphatic carbocycles. The maximum absolute atomic E-state index is 5.26. The predicted molar refractivity (Wildman–Crippen MR) is 64.9 cm³/mol. The highest BCUT2D eigenvalue weighted by molar-refractivity contribution is 4.82. The number of rotatable bonds is 8. The number of allylic oxidation sites excluding steroid dienone is 1. The maximum Gasteiger partial charge on any atom is 0.130 e. The third-order valence-corrected chi connectivity index (χ3v) is 2.84. The highest BCUT2D eigenvalue weighted by Crippen LogP contribution is 2.13. The predicted octanol–water partition coefficient (Wildman–Crippen LogP) is 2.60. The highest BCUT2D eigenvalue weighted by atomic mass is 16.6. The van der Waals surface area contributed by atoms with Crippen LogP contribution < -0.4 is 0 Å². The van der Waals surface area contributed by atoms with Gasteiger partial charge in [-0.2, -0.15) is 0 Å². The summed E-state index contributed by atoms with van der Waals surface area (Å²) in [7, 11) is 4.55. The molecule has 1 aliphatic rings. The Morgan fingerprint density at radius 1 is 1.27 bits per heavy atom. The molecule has 0 aromatic rings. The van der Waals surface area contributed by atoms with Gasteiger partial charge in [0.15, 0.2) is 0 Å². The standard InChI is InChI=1S/C13H26NO/c1-4-5-6-7-8-9-10-14(2,3)11-13-12-15-13/h8-9,13H,4-7,10-12H2,1-3H3/q+1/b9-8+. The smallest absolute Gasteiger partial charge is 0.130 e. The number of epoxide rings is 1. The Balaban J connectivity index is 2.05. The van der Waals surface area contributed by atoms with Crippen LogP contribution in [0.5, 0.6) is 0 Å². The molecule has 0 aromatic carbocycles. The van der Waals surface area contributed by atoms with Gasteiger partial charge in [0.2, 0.25) is 0 Å². The number of ether oxygens (including phenoxy) is 1. The van der Waals surface area contributed by atoms with Crippen LogP contribution >= 0.6 is 0 Å². The number of hydrogen-bond donors (Lipinski definition) is 0. The van der Waals surface area contributed by atoms with Crippen molar-refractivity contribution in [1.82, 2.24) is 0 Å². The van der Waals surface area contributed by atoms with Gasteiger partial charge in [0.05, 0.1) is 27.2 Å². The summed E-state index contributed by atoms with van der Waals surface area (Å²) in [4.78, 5) is 0. The minimum Gasteiger partial charge on any atom is -0.367 e. The molecule has 0 bridgehead atoms. The number of unbranched alkanes of at least 4 members (excludes halogenated alkanes) is 3. The summed E-state index contributed by atoms with van der Waals surface area (Å²) in [5.74, 6) is 0. The van der Waals surface area contributed by atoms with Gasteiger partial charge >= 0.3 is 0 Å². The highest BCUT2D eigenvalue weighted by Gasteiger charge is 2.30. The molecule has 0 aromatic heterocycles. The van der Waals surface area contributed by atoms with Crippen LogP contribution in [0.3, 0.4) is 0 Å². The van der Waals surface area contributed by atoms with Gasteiger partial charge in [-0.05, 0) is 18.9 Å². The lowest BCUT2D eigenvalue weighted by atomic mass is 10.2. The molecule has 1 rings (SSSR count). The fourth-order valence-electron chi connectivity index (χ4n) is 1.79. The van der Waals surface area contributed by atoms with Crippen LogP contribution in [0.15, 0.2) is 12.2 Å². The van der Waals surface area contributed by atoms with E-state index in [9.17, 15) is 0 Å². The first kappa shape index (κ1) is 12.7. The Morgan fingerprint density at radius 3 is 2.60 bits per heavy atom. The molecule has 0 saturated carbocycles. The van der Waals surface area contributed by atoms with E-state index in [1.807, 2.05) is 0 Å². The second-order valence-electron chi connectivity index (χ2n) is 5.22. The van der Waals surface area contributed by atoms with Crippen molar-refractivity contribution in [2.75, 3.05) is 33.8 Å². The Hall–Kier alpha value is -0.340. The van der Waals surface area contributed by atoms with E-state index in [-0.39, 0.29) is 0 Å². The molecule has 88 valence electrons. The Morgan fingerprint density at radius 2 is 2.00 bits per heavy atom. The molecule has 2 nitrogen and oxygen atoms in total. The van der Waals surface area contributed by atoms with Crippen molar-refractivity contribution < 1.29 is 9.22 Å². The summed E-state index contributed by atoms with van der Waals surface area (Å²) >= 11 is 0. The molecule has 0 spiro atoms. The molecule has 0 N–H and O–H groups in total. The molecule has 0 amide bonds. The minimum absolute atomic E-state index is 0.536. The molecule has 2 heteroatoms. The van der Waals surface area contributed by atoms with Crippen LogP contribution in [0, 0.1) is 0 Å². The van der Waals surface area contributed by atoms with E-state index in [0.717, 1.165) is 24.2 Å². The number of nitrogens with zero attached hydrogens (tertiary/aromatic N) is 1. The monoisotopic (exact) mass is 212 g/mol. The topological polar surface area (TPSA) is 12.5 Å². The molecule has 1 fully saturated rings. The van der Waals surface area contributed by atoms with Gasteiger partial charge in [0.1, 0.15) is 12.6 Å². The van der Waals surface area contributed by atoms with Crippen LogP contribution in [0.25, 0.3) is 0 Å². The SMILES string of the molecule is CCCCC/C=C/C[N+](C)(C)CC1CO1. The van der Waals surface area contributed by atoms with E-state index in [0.29, 0.717) is 6.10 Å². The van der Waals surface area contributed by atoms with Crippen LogP contribution in [0.4, 0.5) is 0 Å². The molecular weight excluding hydrogens is 186 g/mol. The van der Waals surface area contributed by atoms with Crippen LogP contribution in [0.1, 0.15) is 32.6 Å². The summed E-state index contributed by atoms with van der Waals surface area (Å²) in [6, 6.07) is 0. The first-order valence-electron chi connectivity index (χ1n) is 6.22. The van der Waals surface area contributed by atoms with Crippen molar-refractivity contribution in [3.05, 3.63) is 12.2 Å². The fraction of sp³-hybridized carbons (Fsp3) is 0.846. The Labute approximate surface area is 94.5 Å². The second kappa shape index (κ2) is 6.29. The molecule has 1 aliphatic heterocycles. The molecule has 1 saturated heterocycles. The first-order chi connectivity index (χ1) is 7.14. The lowest BCUT2D eigenvalue weighted by Crippen LogP contribution is -2.42. The quantitative estimate of drug-likeness (QED) is 0.261. The van der Waals surface area contributed by atoms with Crippen molar-refractivity contribution in [3.63, 3.8) is 0 Å². The van der Waals surface area contributed by atoms with E-state index >= 15 is 0 Å². The summed E-state index contributed by atoms with van der Waals surface area (Å²) in [5, 5.41) is 0. The zero-order valence-electron chi connectivity index (χ0n) is 10.5. The third kappa shape index (κ3) is 6.69. The van der Waals surface area contributed by atoms with E-state index in [1.165, 1.54) is 25.7 Å². The van der Waals surface area contributed by atoms with Gasteiger partial charge in [0.25, 0.3) is 0 Å². The molecular formula is C13H26NO+. The Bertz CT molecular complexity index is 195. The molecule has 15 heavy (non-hydrogen) atoms. The average molecular weight is 212 g/mol. The molecule has 0 radical (unpaired) electrons. The summed E-state index contributed by atoms with van der Waals surface area (Å²) < 4.78 is 6.31. The van der Waals surface area contributed by atoms with Gasteiger partial charge in [-0.25, -0.2) is 0 Å². The lowest BCUT2D eigenvalue weighted by Gasteiger charge is -2.27. The van der Waals surface area contributed by atoms with Crippen molar-refractivity contribution in [1.29, 1.82) is 0 Å². The zero-order chi connectivity index (χ0) is 11.1. The average Bonchev–Trinajstić information content (AvgIpc) is 2.94. The van der Waals surface area contributed by atoms with E-state index in [1.54, 1.807) is 0 Å². The lowest BCUT2D eigenvalue weighted by molar-refractivity contribution is -0.885. The first-order valence-corrected chi connectivity index (χ1v) is 6.22. The number of likely N-dealkylation sites (N-methyl/N-ethyl adjacent to an activating group) is 1. The van der Waals surface area contributed by atoms with Crippen LogP contribution in [-0.2, 0) is 4.74 Å². The number of quaternary nitrogens is 1. The minimum atomic E-state index is 0.536. The van der Waals surface area contributed by atoms with Crippen LogP contribution in [-0.4, -0.2) is 44.4 Å². The van der Waals surface area contributed by atoms with E-state index in [4.69, 9.17) is 4.74 Å². The molecule has 1 atom stereocenters. The van der Waals surface area contributed by atoms with E-state index < -0.39 is 0 Å². The van der Waals surface area contributed by atoms with Gasteiger partial charge in [-0.15, -0.1) is 0 Å². The number of hydrogen-bond acceptors (Lipinski definition) is 1. The van der Waals surface area contributed by atoms with Gasteiger partial charge in [0, 0.05) is 0 Å². The fourth-order valence-corrected chi connectivity index (χ4v) is 1.79. The van der Waals surface area contributed by atoms with Crippen molar-refractivity contribution >= 4 is 0 Å². The van der Waals surface area contributed by atoms with Gasteiger partial charge in [-0.3, -0.25) is 0 Å². The molecule has 1 heterocycles. The summed E-state index contributed by atoms with van der Waals surface area (Å²) in [6.45, 7) is 5.51. The largest absolute Gasteiger partial charge is 0.367 e. The molecule has 1 unspecified atom stereocenters. The second-order valence-corrected chi connectivity index (χ2v) is 5.22. The van der Waals surface area contributed by atoms with Crippen molar-refractivity contribution in [2.45, 2.75) is 38.7 Å². The van der Waals surface area contributed by atoms with Crippen LogP contribution in [0.2, 0.25) is 0 Å². The Kier molecular flexibility index (Phi) is 5.34. The van der Waals surface area contributed by atoms with Gasteiger partial charge in [-0.1, -0.05) is 25.8 Å². The summed E-state index contributed by atoms with van der Waals surface area (Å²) in [5.41, 5.74) is 0. The normalized spacial score (nSPS) is 21.1. The van der Waals surface area contributed by atoms with Crippen molar-refractivity contribution in [3.8, 4) is 0 Å². The van der Waals surface area contributed by atoms with E-state index in [2.05, 4.69) is 33.2 Å². The maximum atomic E-state index is 5.26. The van der Waals surface area contributed by atoms with Gasteiger partial charge < -0.3 is 9.22 Å².